The molecule has 0 aromatic carbocycles. The van der Waals surface area contributed by atoms with Gasteiger partial charge in [-0.2, -0.15) is 8.42 Å². The van der Waals surface area contributed by atoms with Gasteiger partial charge in [-0.15, -0.1) is 0 Å². The van der Waals surface area contributed by atoms with E-state index >= 15 is 0 Å². The molecule has 3 nitrogen and oxygen atoms in total. The van der Waals surface area contributed by atoms with Crippen LogP contribution in [0.4, 0.5) is 0 Å². The molecule has 0 saturated heterocycles. The lowest BCUT2D eigenvalue weighted by Crippen LogP contribution is -2.19. The Hall–Kier alpha value is 0.870. The summed E-state index contributed by atoms with van der Waals surface area (Å²) in [6, 6.07) is 0. The van der Waals surface area contributed by atoms with Gasteiger partial charge in [0.1, 0.15) is 0 Å². The topological polar surface area (TPSA) is 43.4 Å². The van der Waals surface area contributed by atoms with Gasteiger partial charge in [0.15, 0.2) is 0 Å². The van der Waals surface area contributed by atoms with E-state index in [4.69, 9.17) is 4.18 Å². The van der Waals surface area contributed by atoms with E-state index in [0.717, 1.165) is 11.6 Å². The first-order chi connectivity index (χ1) is 4.99. The zero-order valence-corrected chi connectivity index (χ0v) is 10.1. The fourth-order valence-corrected chi connectivity index (χ4v) is 2.32. The molecule has 0 aromatic rings. The van der Waals surface area contributed by atoms with Crippen LogP contribution in [-0.2, 0) is 14.3 Å². The van der Waals surface area contributed by atoms with Crippen LogP contribution in [0.2, 0.25) is 0 Å². The van der Waals surface area contributed by atoms with Crippen LogP contribution in [0.15, 0.2) is 0 Å². The first-order valence-electron chi connectivity index (χ1n) is 2.99. The minimum atomic E-state index is -3.31. The van der Waals surface area contributed by atoms with Gasteiger partial charge in [0.05, 0.1) is 12.4 Å². The first-order valence-corrected chi connectivity index (χ1v) is 7.05. The maximum absolute atomic E-state index is 10.6. The van der Waals surface area contributed by atoms with Gasteiger partial charge in [-0.25, -0.2) is 0 Å². The molecule has 0 N–H and O–H groups in total. The molecule has 0 aliphatic rings. The Morgan fingerprint density at radius 3 is 2.27 bits per heavy atom. The average Bonchev–Trinajstić information content (AvgIpc) is 1.84. The molecule has 0 bridgehead atoms. The van der Waals surface area contributed by atoms with Gasteiger partial charge in [-0.05, 0) is 6.42 Å². The molecule has 0 fully saturated rings. The summed E-state index contributed by atoms with van der Waals surface area (Å²) in [5.41, 5.74) is 0. The Morgan fingerprint density at radius 2 is 2.00 bits per heavy atom. The maximum Gasteiger partial charge on any atom is 0.264 e. The molecule has 68 valence electrons. The van der Waals surface area contributed by atoms with Crippen molar-refractivity contribution >= 4 is 42.0 Å². The summed E-state index contributed by atoms with van der Waals surface area (Å²) in [6.45, 7) is 0. The number of hydrogen-bond acceptors (Lipinski definition) is 3. The smallest absolute Gasteiger partial charge is 0.264 e. The molecular weight excluding hydrogens is 300 g/mol. The number of rotatable bonds is 5. The molecule has 0 radical (unpaired) electrons. The highest BCUT2D eigenvalue weighted by Crippen LogP contribution is 2.07. The predicted octanol–water partition coefficient (Wildman–Crippen LogP) is 1.51. The molecule has 0 aliphatic carbocycles. The molecule has 0 rings (SSSR count). The SMILES string of the molecule is CS(=O)(=O)OC(CBr)CCBr. The van der Waals surface area contributed by atoms with Crippen molar-refractivity contribution in [1.29, 1.82) is 0 Å². The molecule has 11 heavy (non-hydrogen) atoms. The highest BCUT2D eigenvalue weighted by Gasteiger charge is 2.12. The second kappa shape index (κ2) is 5.50. The third-order valence-electron chi connectivity index (χ3n) is 0.914. The van der Waals surface area contributed by atoms with Gasteiger partial charge in [0.2, 0.25) is 0 Å². The van der Waals surface area contributed by atoms with E-state index in [-0.39, 0.29) is 6.10 Å². The van der Waals surface area contributed by atoms with Crippen molar-refractivity contribution in [2.24, 2.45) is 0 Å². The lowest BCUT2D eigenvalue weighted by molar-refractivity contribution is 0.234. The molecule has 0 aliphatic heterocycles. The summed E-state index contributed by atoms with van der Waals surface area (Å²) in [6.07, 6.45) is 1.47. The van der Waals surface area contributed by atoms with Crippen LogP contribution in [-0.4, -0.2) is 31.4 Å². The zero-order chi connectivity index (χ0) is 8.91. The molecule has 0 amide bonds. The Morgan fingerprint density at radius 1 is 1.45 bits per heavy atom. The van der Waals surface area contributed by atoms with Gasteiger partial charge >= 0.3 is 0 Å². The molecule has 0 saturated carbocycles. The van der Waals surface area contributed by atoms with E-state index in [9.17, 15) is 8.42 Å². The minimum Gasteiger partial charge on any atom is -0.266 e. The van der Waals surface area contributed by atoms with Crippen LogP contribution in [0, 0.1) is 0 Å². The zero-order valence-electron chi connectivity index (χ0n) is 6.09. The highest BCUT2D eigenvalue weighted by atomic mass is 79.9. The summed E-state index contributed by atoms with van der Waals surface area (Å²) in [4.78, 5) is 0. The Bertz CT molecular complexity index is 190. The van der Waals surface area contributed by atoms with Crippen molar-refractivity contribution in [3.05, 3.63) is 0 Å². The lowest BCUT2D eigenvalue weighted by atomic mass is 10.3. The van der Waals surface area contributed by atoms with Gasteiger partial charge in [0, 0.05) is 10.7 Å². The van der Waals surface area contributed by atoms with Crippen LogP contribution in [0.5, 0.6) is 0 Å². The maximum atomic E-state index is 10.6. The molecule has 1 unspecified atom stereocenters. The normalized spacial score (nSPS) is 14.8. The van der Waals surface area contributed by atoms with E-state index in [0.29, 0.717) is 11.8 Å². The second-order valence-electron chi connectivity index (χ2n) is 2.05. The monoisotopic (exact) mass is 308 g/mol. The van der Waals surface area contributed by atoms with E-state index in [1.54, 1.807) is 0 Å². The highest BCUT2D eigenvalue weighted by molar-refractivity contribution is 9.09. The molecule has 0 spiro atoms. The summed E-state index contributed by atoms with van der Waals surface area (Å²) in [5.74, 6) is 0. The molecule has 6 heteroatoms. The van der Waals surface area contributed by atoms with Crippen LogP contribution in [0.3, 0.4) is 0 Å². The average molecular weight is 310 g/mol. The van der Waals surface area contributed by atoms with Crippen molar-refractivity contribution in [2.45, 2.75) is 12.5 Å². The molecule has 1 atom stereocenters. The fraction of sp³-hybridized carbons (Fsp3) is 1.00. The van der Waals surface area contributed by atoms with Crippen molar-refractivity contribution in [3.8, 4) is 0 Å². The third-order valence-corrected chi connectivity index (χ3v) is 2.72. The molecule has 0 aromatic heterocycles. The van der Waals surface area contributed by atoms with Crippen LogP contribution < -0.4 is 0 Å². The van der Waals surface area contributed by atoms with E-state index < -0.39 is 10.1 Å². The minimum absolute atomic E-state index is 0.260. The van der Waals surface area contributed by atoms with E-state index in [1.165, 1.54) is 0 Å². The van der Waals surface area contributed by atoms with Crippen molar-refractivity contribution < 1.29 is 12.6 Å². The Labute approximate surface area is 83.9 Å². The Balaban J connectivity index is 3.88. The number of halogens is 2. The second-order valence-corrected chi connectivity index (χ2v) is 5.10. The summed E-state index contributed by atoms with van der Waals surface area (Å²) < 4.78 is 26.0. The largest absolute Gasteiger partial charge is 0.266 e. The van der Waals surface area contributed by atoms with Crippen molar-refractivity contribution in [2.75, 3.05) is 16.9 Å². The van der Waals surface area contributed by atoms with Crippen molar-refractivity contribution in [3.63, 3.8) is 0 Å². The standard InChI is InChI=1S/C5H10Br2O3S/c1-11(8,9)10-5(4-7)2-3-6/h5H,2-4H2,1H3. The molecule has 0 heterocycles. The summed E-state index contributed by atoms with van der Waals surface area (Å²) in [7, 11) is -3.31. The lowest BCUT2D eigenvalue weighted by Gasteiger charge is -2.10. The summed E-state index contributed by atoms with van der Waals surface area (Å²) in [5, 5.41) is 1.27. The van der Waals surface area contributed by atoms with Crippen LogP contribution >= 0.6 is 31.9 Å². The third kappa shape index (κ3) is 7.24. The quantitative estimate of drug-likeness (QED) is 0.571. The fourth-order valence-electron chi connectivity index (χ4n) is 0.520. The van der Waals surface area contributed by atoms with Crippen LogP contribution in [0.1, 0.15) is 6.42 Å². The summed E-state index contributed by atoms with van der Waals surface area (Å²) >= 11 is 6.36. The van der Waals surface area contributed by atoms with E-state index in [1.807, 2.05) is 0 Å². The van der Waals surface area contributed by atoms with Crippen LogP contribution in [0.25, 0.3) is 0 Å². The molecular formula is C5H10Br2O3S. The Kier molecular flexibility index (Phi) is 5.94. The van der Waals surface area contributed by atoms with Gasteiger partial charge in [-0.3, -0.25) is 4.18 Å². The van der Waals surface area contributed by atoms with Gasteiger partial charge < -0.3 is 0 Å². The van der Waals surface area contributed by atoms with E-state index in [2.05, 4.69) is 31.9 Å². The number of hydrogen-bond donors (Lipinski definition) is 0. The van der Waals surface area contributed by atoms with Crippen molar-refractivity contribution in [1.82, 2.24) is 0 Å². The van der Waals surface area contributed by atoms with Gasteiger partial charge in [-0.1, -0.05) is 31.9 Å². The first kappa shape index (κ1) is 11.9. The number of alkyl halides is 2. The predicted molar refractivity (Wildman–Crippen MR) is 51.9 cm³/mol. The van der Waals surface area contributed by atoms with Gasteiger partial charge in [0.25, 0.3) is 10.1 Å².